The van der Waals surface area contributed by atoms with Crippen LogP contribution in [0.2, 0.25) is 0 Å². The first kappa shape index (κ1) is 11.0. The zero-order chi connectivity index (χ0) is 10.1. The molecule has 3 nitrogen and oxygen atoms in total. The molecule has 0 unspecified atom stereocenters. The van der Waals surface area contributed by atoms with Gasteiger partial charge in [0.1, 0.15) is 0 Å². The second-order valence-electron chi connectivity index (χ2n) is 5.04. The Morgan fingerprint density at radius 1 is 1.38 bits per heavy atom. The van der Waals surface area contributed by atoms with Crippen LogP contribution in [0.15, 0.2) is 0 Å². The predicted molar refractivity (Wildman–Crippen MR) is 54.5 cm³/mol. The van der Waals surface area contributed by atoms with Crippen LogP contribution in [0, 0.1) is 5.41 Å². The van der Waals surface area contributed by atoms with Crippen LogP contribution in [0.5, 0.6) is 0 Å². The molecule has 1 saturated heterocycles. The van der Waals surface area contributed by atoms with Crippen molar-refractivity contribution in [2.24, 2.45) is 5.41 Å². The molecule has 0 aromatic rings. The monoisotopic (exact) mass is 205 g/mol. The summed E-state index contributed by atoms with van der Waals surface area (Å²) in [5.74, 6) is 0.678. The highest BCUT2D eigenvalue weighted by Crippen LogP contribution is 2.15. The molecule has 0 spiro atoms. The first-order chi connectivity index (χ1) is 5.79. The highest BCUT2D eigenvalue weighted by molar-refractivity contribution is 7.91. The van der Waals surface area contributed by atoms with E-state index in [1.807, 2.05) is 0 Å². The van der Waals surface area contributed by atoms with Gasteiger partial charge in [-0.05, 0) is 11.8 Å². The Kier molecular flexibility index (Phi) is 3.02. The Balaban J connectivity index is 2.34. The van der Waals surface area contributed by atoms with E-state index >= 15 is 0 Å². The molecule has 0 radical (unpaired) electrons. The molecule has 1 fully saturated rings. The molecule has 0 amide bonds. The van der Waals surface area contributed by atoms with Gasteiger partial charge < -0.3 is 5.32 Å². The summed E-state index contributed by atoms with van der Waals surface area (Å²) in [6, 6.07) is 0.184. The average molecular weight is 205 g/mol. The van der Waals surface area contributed by atoms with Gasteiger partial charge in [-0.1, -0.05) is 20.8 Å². The molecule has 0 aromatic carbocycles. The summed E-state index contributed by atoms with van der Waals surface area (Å²) >= 11 is 0. The fourth-order valence-electron chi connectivity index (χ4n) is 1.41. The molecule has 0 bridgehead atoms. The summed E-state index contributed by atoms with van der Waals surface area (Å²) in [4.78, 5) is 0. The van der Waals surface area contributed by atoms with Gasteiger partial charge in [-0.2, -0.15) is 0 Å². The van der Waals surface area contributed by atoms with Crippen molar-refractivity contribution >= 4 is 9.84 Å². The maximum Gasteiger partial charge on any atom is 0.151 e. The zero-order valence-corrected chi connectivity index (χ0v) is 9.45. The van der Waals surface area contributed by atoms with Crippen molar-refractivity contribution in [1.29, 1.82) is 0 Å². The minimum atomic E-state index is -2.73. The molecular weight excluding hydrogens is 186 g/mol. The smallest absolute Gasteiger partial charge is 0.151 e. The highest BCUT2D eigenvalue weighted by atomic mass is 32.2. The number of nitrogens with one attached hydrogen (secondary N) is 1. The van der Waals surface area contributed by atoms with E-state index in [1.165, 1.54) is 0 Å². The topological polar surface area (TPSA) is 46.2 Å². The standard InChI is InChI=1S/C9H19NO2S/c1-9(2,3)7-10-8-4-5-13(11,12)6-8/h8,10H,4-7H2,1-3H3/t8-/m1/s1. The lowest BCUT2D eigenvalue weighted by atomic mass is 9.96. The minimum absolute atomic E-state index is 0.184. The maximum atomic E-state index is 11.1. The van der Waals surface area contributed by atoms with Gasteiger partial charge >= 0.3 is 0 Å². The van der Waals surface area contributed by atoms with E-state index in [2.05, 4.69) is 26.1 Å². The highest BCUT2D eigenvalue weighted by Gasteiger charge is 2.28. The Morgan fingerprint density at radius 2 is 2.00 bits per heavy atom. The molecule has 78 valence electrons. The Hall–Kier alpha value is -0.0900. The molecule has 1 atom stereocenters. The van der Waals surface area contributed by atoms with E-state index < -0.39 is 9.84 Å². The van der Waals surface area contributed by atoms with Gasteiger partial charge in [0.2, 0.25) is 0 Å². The molecule has 4 heteroatoms. The van der Waals surface area contributed by atoms with E-state index in [0.717, 1.165) is 13.0 Å². The van der Waals surface area contributed by atoms with Gasteiger partial charge in [0.05, 0.1) is 11.5 Å². The maximum absolute atomic E-state index is 11.1. The predicted octanol–water partition coefficient (Wildman–Crippen LogP) is 0.809. The van der Waals surface area contributed by atoms with Crippen LogP contribution in [-0.4, -0.2) is 32.5 Å². The lowest BCUT2D eigenvalue weighted by Gasteiger charge is -2.21. The third-order valence-electron chi connectivity index (χ3n) is 2.15. The lowest BCUT2D eigenvalue weighted by Crippen LogP contribution is -2.36. The van der Waals surface area contributed by atoms with Crippen molar-refractivity contribution in [2.45, 2.75) is 33.2 Å². The van der Waals surface area contributed by atoms with Gasteiger partial charge in [-0.3, -0.25) is 0 Å². The van der Waals surface area contributed by atoms with E-state index in [0.29, 0.717) is 11.5 Å². The van der Waals surface area contributed by atoms with Gasteiger partial charge in [-0.25, -0.2) is 8.42 Å². The summed E-state index contributed by atoms with van der Waals surface area (Å²) in [7, 11) is -2.73. The molecule has 1 aliphatic rings. The zero-order valence-electron chi connectivity index (χ0n) is 8.63. The number of hydrogen-bond donors (Lipinski definition) is 1. The van der Waals surface area contributed by atoms with E-state index in [1.54, 1.807) is 0 Å². The molecule has 1 N–H and O–H groups in total. The third-order valence-corrected chi connectivity index (χ3v) is 3.92. The second-order valence-corrected chi connectivity index (χ2v) is 7.27. The largest absolute Gasteiger partial charge is 0.312 e. The van der Waals surface area contributed by atoms with Crippen molar-refractivity contribution in [1.82, 2.24) is 5.32 Å². The second kappa shape index (κ2) is 3.58. The van der Waals surface area contributed by atoms with Crippen LogP contribution in [0.3, 0.4) is 0 Å². The van der Waals surface area contributed by atoms with E-state index in [-0.39, 0.29) is 11.5 Å². The quantitative estimate of drug-likeness (QED) is 0.725. The van der Waals surface area contributed by atoms with Crippen molar-refractivity contribution in [3.05, 3.63) is 0 Å². The van der Waals surface area contributed by atoms with Crippen LogP contribution in [0.25, 0.3) is 0 Å². The van der Waals surface area contributed by atoms with Crippen molar-refractivity contribution in [3.63, 3.8) is 0 Å². The van der Waals surface area contributed by atoms with Crippen LogP contribution in [0.4, 0.5) is 0 Å². The Morgan fingerprint density at radius 3 is 2.38 bits per heavy atom. The molecule has 1 aliphatic heterocycles. The van der Waals surface area contributed by atoms with Gasteiger partial charge in [0, 0.05) is 12.6 Å². The SMILES string of the molecule is CC(C)(C)CN[C@@H]1CCS(=O)(=O)C1. The molecular formula is C9H19NO2S. The van der Waals surface area contributed by atoms with Crippen LogP contribution >= 0.6 is 0 Å². The molecule has 1 rings (SSSR count). The minimum Gasteiger partial charge on any atom is -0.312 e. The first-order valence-electron chi connectivity index (χ1n) is 4.72. The normalized spacial score (nSPS) is 27.8. The molecule has 0 saturated carbocycles. The van der Waals surface area contributed by atoms with Crippen molar-refractivity contribution in [2.75, 3.05) is 18.1 Å². The van der Waals surface area contributed by atoms with Crippen LogP contribution < -0.4 is 5.32 Å². The first-order valence-corrected chi connectivity index (χ1v) is 6.54. The third kappa shape index (κ3) is 4.09. The molecule has 13 heavy (non-hydrogen) atoms. The van der Waals surface area contributed by atoms with Crippen LogP contribution in [0.1, 0.15) is 27.2 Å². The summed E-state index contributed by atoms with van der Waals surface area (Å²) in [6.07, 6.45) is 0.776. The van der Waals surface area contributed by atoms with Crippen molar-refractivity contribution < 1.29 is 8.42 Å². The fourth-order valence-corrected chi connectivity index (χ4v) is 3.11. The molecule has 0 aliphatic carbocycles. The summed E-state index contributed by atoms with van der Waals surface area (Å²) in [5, 5.41) is 3.30. The Bertz CT molecular complexity index is 264. The van der Waals surface area contributed by atoms with Gasteiger partial charge in [0.15, 0.2) is 9.84 Å². The Labute approximate surface area is 80.8 Å². The summed E-state index contributed by atoms with van der Waals surface area (Å²) in [5.41, 5.74) is 0.229. The van der Waals surface area contributed by atoms with Crippen molar-refractivity contribution in [3.8, 4) is 0 Å². The number of hydrogen-bond acceptors (Lipinski definition) is 3. The number of rotatable bonds is 2. The van der Waals surface area contributed by atoms with E-state index in [4.69, 9.17) is 0 Å². The van der Waals surface area contributed by atoms with Gasteiger partial charge in [0.25, 0.3) is 0 Å². The number of sulfone groups is 1. The van der Waals surface area contributed by atoms with Gasteiger partial charge in [-0.15, -0.1) is 0 Å². The molecule has 0 aromatic heterocycles. The summed E-state index contributed by atoms with van der Waals surface area (Å²) < 4.78 is 22.3. The summed E-state index contributed by atoms with van der Waals surface area (Å²) in [6.45, 7) is 7.31. The molecule has 1 heterocycles. The average Bonchev–Trinajstić information content (AvgIpc) is 2.24. The fraction of sp³-hybridized carbons (Fsp3) is 1.00. The lowest BCUT2D eigenvalue weighted by molar-refractivity contribution is 0.358. The van der Waals surface area contributed by atoms with Crippen LogP contribution in [-0.2, 0) is 9.84 Å². The van der Waals surface area contributed by atoms with E-state index in [9.17, 15) is 8.42 Å².